The number of esters is 1. The molecule has 0 aromatic carbocycles. The van der Waals surface area contributed by atoms with Crippen molar-refractivity contribution in [3.8, 4) is 0 Å². The highest BCUT2D eigenvalue weighted by atomic mass is 16.5. The molecule has 0 radical (unpaired) electrons. The van der Waals surface area contributed by atoms with Gasteiger partial charge in [-0.3, -0.25) is 4.79 Å². The number of fused-ring (bicyclic) bond motifs is 1. The van der Waals surface area contributed by atoms with Crippen LogP contribution in [0.4, 0.5) is 5.82 Å². The van der Waals surface area contributed by atoms with Crippen LogP contribution in [-0.4, -0.2) is 31.7 Å². The second-order valence-electron chi connectivity index (χ2n) is 3.40. The molecule has 2 aromatic heterocycles. The van der Waals surface area contributed by atoms with E-state index in [2.05, 4.69) is 9.72 Å². The summed E-state index contributed by atoms with van der Waals surface area (Å²) in [5, 5.41) is 0.883. The van der Waals surface area contributed by atoms with Crippen LogP contribution in [0, 0.1) is 0 Å². The molecule has 0 unspecified atom stereocenters. The number of rotatable bonds is 3. The average Bonchev–Trinajstić information content (AvgIpc) is 2.76. The van der Waals surface area contributed by atoms with Gasteiger partial charge in [0.25, 0.3) is 0 Å². The normalized spacial score (nSPS) is 10.4. The first-order valence-corrected chi connectivity index (χ1v) is 4.82. The molecular weight excluding hydrogens is 208 g/mol. The lowest BCUT2D eigenvalue weighted by Gasteiger charge is -2.16. The minimum absolute atomic E-state index is 0.161. The maximum absolute atomic E-state index is 11.2. The van der Waals surface area contributed by atoms with Crippen LogP contribution in [0.2, 0.25) is 0 Å². The highest BCUT2D eigenvalue weighted by molar-refractivity contribution is 5.89. The fraction of sp³-hybridized carbons (Fsp3) is 0.273. The summed E-state index contributed by atoms with van der Waals surface area (Å²) in [6, 6.07) is 3.61. The van der Waals surface area contributed by atoms with Gasteiger partial charge in [-0.15, -0.1) is 0 Å². The Morgan fingerprint density at radius 3 is 3.12 bits per heavy atom. The van der Waals surface area contributed by atoms with Crippen molar-refractivity contribution in [2.45, 2.75) is 0 Å². The zero-order valence-corrected chi connectivity index (χ0v) is 9.14. The van der Waals surface area contributed by atoms with E-state index < -0.39 is 0 Å². The number of carbonyl (C=O) groups excluding carboxylic acids is 1. The van der Waals surface area contributed by atoms with Gasteiger partial charge in [-0.25, -0.2) is 4.98 Å². The number of hydrogen-bond donors (Lipinski definition) is 0. The third kappa shape index (κ3) is 1.84. The molecule has 2 rings (SSSR count). The quantitative estimate of drug-likeness (QED) is 0.732. The molecule has 0 bridgehead atoms. The molecule has 0 fully saturated rings. The number of aromatic nitrogens is 1. The molecule has 0 aliphatic carbocycles. The number of hydrogen-bond acceptors (Lipinski definition) is 5. The number of anilines is 1. The molecule has 16 heavy (non-hydrogen) atoms. The van der Waals surface area contributed by atoms with Gasteiger partial charge in [0.1, 0.15) is 17.9 Å². The standard InChI is InChI=1S/C11H12N2O3/c1-13(7-10(14)15-2)11-8-4-6-16-9(8)3-5-12-11/h3-6H,7H2,1-2H3. The van der Waals surface area contributed by atoms with Crippen molar-refractivity contribution in [2.75, 3.05) is 25.6 Å². The smallest absolute Gasteiger partial charge is 0.325 e. The third-order valence-corrected chi connectivity index (χ3v) is 2.31. The van der Waals surface area contributed by atoms with Gasteiger partial charge in [0.2, 0.25) is 0 Å². The van der Waals surface area contributed by atoms with Crippen molar-refractivity contribution in [2.24, 2.45) is 0 Å². The molecule has 0 saturated carbocycles. The summed E-state index contributed by atoms with van der Waals surface area (Å²) in [6.07, 6.45) is 3.25. The van der Waals surface area contributed by atoms with Gasteiger partial charge < -0.3 is 14.1 Å². The molecule has 5 heteroatoms. The minimum atomic E-state index is -0.301. The number of carbonyl (C=O) groups is 1. The van der Waals surface area contributed by atoms with Crippen LogP contribution in [0.5, 0.6) is 0 Å². The van der Waals surface area contributed by atoms with Crippen LogP contribution in [0.3, 0.4) is 0 Å². The van der Waals surface area contributed by atoms with Crippen molar-refractivity contribution >= 4 is 22.8 Å². The Hall–Kier alpha value is -2.04. The van der Waals surface area contributed by atoms with Crippen LogP contribution in [0.15, 0.2) is 29.0 Å². The van der Waals surface area contributed by atoms with Gasteiger partial charge in [0, 0.05) is 13.2 Å². The van der Waals surface area contributed by atoms with Gasteiger partial charge in [0.15, 0.2) is 0 Å². The van der Waals surface area contributed by atoms with Crippen LogP contribution in [0.25, 0.3) is 11.0 Å². The molecule has 5 nitrogen and oxygen atoms in total. The minimum Gasteiger partial charge on any atom is -0.468 e. The summed E-state index contributed by atoms with van der Waals surface area (Å²) in [5.41, 5.74) is 0.752. The SMILES string of the molecule is COC(=O)CN(C)c1nccc2occc12. The second-order valence-corrected chi connectivity index (χ2v) is 3.40. The van der Waals surface area contributed by atoms with Gasteiger partial charge in [0.05, 0.1) is 18.8 Å². The first-order chi connectivity index (χ1) is 7.72. The van der Waals surface area contributed by atoms with E-state index in [-0.39, 0.29) is 12.5 Å². The summed E-state index contributed by atoms with van der Waals surface area (Å²) >= 11 is 0. The maximum Gasteiger partial charge on any atom is 0.325 e. The molecule has 0 aliphatic heterocycles. The summed E-state index contributed by atoms with van der Waals surface area (Å²) in [4.78, 5) is 17.1. The van der Waals surface area contributed by atoms with Crippen molar-refractivity contribution in [3.05, 3.63) is 24.6 Å². The molecule has 0 atom stereocenters. The zero-order chi connectivity index (χ0) is 11.5. The molecule has 0 aliphatic rings. The Balaban J connectivity index is 2.32. The van der Waals surface area contributed by atoms with E-state index in [9.17, 15) is 4.79 Å². The molecule has 84 valence electrons. The highest BCUT2D eigenvalue weighted by Gasteiger charge is 2.12. The molecule has 0 N–H and O–H groups in total. The molecular formula is C11H12N2O3. The van der Waals surface area contributed by atoms with Crippen molar-refractivity contribution in [3.63, 3.8) is 0 Å². The zero-order valence-electron chi connectivity index (χ0n) is 9.14. The predicted octanol–water partition coefficient (Wildman–Crippen LogP) is 1.44. The highest BCUT2D eigenvalue weighted by Crippen LogP contribution is 2.23. The summed E-state index contributed by atoms with van der Waals surface area (Å²) in [6.45, 7) is 0.161. The maximum atomic E-state index is 11.2. The Labute approximate surface area is 92.6 Å². The van der Waals surface area contributed by atoms with Crippen LogP contribution in [-0.2, 0) is 9.53 Å². The number of ether oxygens (including phenoxy) is 1. The lowest BCUT2D eigenvalue weighted by atomic mass is 10.3. The Morgan fingerprint density at radius 2 is 2.38 bits per heavy atom. The summed E-state index contributed by atoms with van der Waals surface area (Å²) in [5.74, 6) is 0.404. The Morgan fingerprint density at radius 1 is 1.56 bits per heavy atom. The summed E-state index contributed by atoms with van der Waals surface area (Å²) in [7, 11) is 3.15. The van der Waals surface area contributed by atoms with E-state index in [1.807, 2.05) is 6.07 Å². The van der Waals surface area contributed by atoms with E-state index in [0.717, 1.165) is 11.0 Å². The van der Waals surface area contributed by atoms with Crippen LogP contribution in [0.1, 0.15) is 0 Å². The van der Waals surface area contributed by atoms with Crippen molar-refractivity contribution in [1.29, 1.82) is 0 Å². The Bertz CT molecular complexity index is 507. The first kappa shape index (κ1) is 10.5. The van der Waals surface area contributed by atoms with Crippen LogP contribution < -0.4 is 4.90 Å². The van der Waals surface area contributed by atoms with E-state index in [0.29, 0.717) is 5.82 Å². The van der Waals surface area contributed by atoms with E-state index in [1.54, 1.807) is 30.5 Å². The Kier molecular flexibility index (Phi) is 2.76. The largest absolute Gasteiger partial charge is 0.468 e. The molecule has 2 heterocycles. The van der Waals surface area contributed by atoms with Crippen molar-refractivity contribution in [1.82, 2.24) is 4.98 Å². The van der Waals surface area contributed by atoms with E-state index >= 15 is 0 Å². The number of nitrogens with zero attached hydrogens (tertiary/aromatic N) is 2. The molecule has 0 amide bonds. The molecule has 0 saturated heterocycles. The van der Waals surface area contributed by atoms with Gasteiger partial charge in [-0.2, -0.15) is 0 Å². The first-order valence-electron chi connectivity index (χ1n) is 4.82. The number of methoxy groups -OCH3 is 1. The van der Waals surface area contributed by atoms with Gasteiger partial charge >= 0.3 is 5.97 Å². The molecule has 0 spiro atoms. The second kappa shape index (κ2) is 4.22. The number of furan rings is 1. The molecule has 2 aromatic rings. The monoisotopic (exact) mass is 220 g/mol. The van der Waals surface area contributed by atoms with Crippen LogP contribution >= 0.6 is 0 Å². The van der Waals surface area contributed by atoms with Crippen molar-refractivity contribution < 1.29 is 13.9 Å². The lowest BCUT2D eigenvalue weighted by Crippen LogP contribution is -2.27. The number of likely N-dealkylation sites (N-methyl/N-ethyl adjacent to an activating group) is 1. The number of pyridine rings is 1. The topological polar surface area (TPSA) is 55.6 Å². The summed E-state index contributed by atoms with van der Waals surface area (Å²) < 4.78 is 9.86. The fourth-order valence-electron chi connectivity index (χ4n) is 1.52. The van der Waals surface area contributed by atoms with Gasteiger partial charge in [-0.1, -0.05) is 0 Å². The lowest BCUT2D eigenvalue weighted by molar-refractivity contribution is -0.138. The van der Waals surface area contributed by atoms with E-state index in [1.165, 1.54) is 7.11 Å². The van der Waals surface area contributed by atoms with E-state index in [4.69, 9.17) is 4.42 Å². The average molecular weight is 220 g/mol. The third-order valence-electron chi connectivity index (χ3n) is 2.31. The fourth-order valence-corrected chi connectivity index (χ4v) is 1.52. The predicted molar refractivity (Wildman–Crippen MR) is 59.3 cm³/mol. The van der Waals surface area contributed by atoms with Gasteiger partial charge in [-0.05, 0) is 12.1 Å².